The van der Waals surface area contributed by atoms with Crippen molar-refractivity contribution in [2.75, 3.05) is 85.1 Å². The van der Waals surface area contributed by atoms with E-state index in [0.29, 0.717) is 0 Å². The molecule has 4 unspecified atom stereocenters. The molecule has 0 aromatic heterocycles. The number of allylic oxidation sites excluding steroid dienone is 1. The van der Waals surface area contributed by atoms with Gasteiger partial charge in [0.15, 0.2) is 18.2 Å². The van der Waals surface area contributed by atoms with Crippen LogP contribution < -0.4 is 15.4 Å². The van der Waals surface area contributed by atoms with Gasteiger partial charge in [-0.15, -0.1) is 0 Å². The second-order valence-corrected chi connectivity index (χ2v) is 15.1. The van der Waals surface area contributed by atoms with Crippen LogP contribution in [0.25, 0.3) is 0 Å². The molecular formula is C38H50N6O19. The molecule has 9 N–H and O–H groups in total. The highest BCUT2D eigenvalue weighted by molar-refractivity contribution is 6.44. The monoisotopic (exact) mass is 894 g/mol. The number of Topliss-reactive ketones (excluding diaryl/α,β-unsaturated/α-hetero) is 2. The van der Waals surface area contributed by atoms with Crippen molar-refractivity contribution in [1.82, 2.24) is 30.2 Å². The number of hydrogen-bond donors (Lipinski definition) is 9. The second-order valence-electron chi connectivity index (χ2n) is 15.1. The Balaban J connectivity index is 1.16. The minimum atomic E-state index is -2.06. The molecule has 63 heavy (non-hydrogen) atoms. The largest absolute Gasteiger partial charge is 0.508 e. The van der Waals surface area contributed by atoms with Gasteiger partial charge in [0.1, 0.15) is 47.9 Å². The lowest BCUT2D eigenvalue weighted by molar-refractivity contribution is -0.300. The van der Waals surface area contributed by atoms with Crippen LogP contribution in [0.5, 0.6) is 11.5 Å². The van der Waals surface area contributed by atoms with Gasteiger partial charge >= 0.3 is 23.9 Å². The number of fused-ring (bicyclic) bond motifs is 1. The molecule has 1 saturated carbocycles. The fourth-order valence-corrected chi connectivity index (χ4v) is 7.25. The van der Waals surface area contributed by atoms with E-state index in [2.05, 4.69) is 10.6 Å². The Morgan fingerprint density at radius 2 is 1.22 bits per heavy atom. The van der Waals surface area contributed by atoms with Crippen LogP contribution in [0.15, 0.2) is 36.3 Å². The van der Waals surface area contributed by atoms with Crippen LogP contribution >= 0.6 is 0 Å². The summed E-state index contributed by atoms with van der Waals surface area (Å²) in [4.78, 5) is 106. The molecule has 2 saturated heterocycles. The molecule has 0 radical (unpaired) electrons. The van der Waals surface area contributed by atoms with E-state index in [9.17, 15) is 74.1 Å². The summed E-state index contributed by atoms with van der Waals surface area (Å²) in [6, 6.07) is 4.73. The van der Waals surface area contributed by atoms with E-state index >= 15 is 0 Å². The third kappa shape index (κ3) is 13.4. The number of aromatic hydroxyl groups is 1. The highest BCUT2D eigenvalue weighted by atomic mass is 16.7. The fourth-order valence-electron chi connectivity index (χ4n) is 7.25. The van der Waals surface area contributed by atoms with E-state index in [1.54, 1.807) is 4.90 Å². The zero-order valence-corrected chi connectivity index (χ0v) is 33.7. The molecule has 1 aliphatic carbocycles. The standard InChI is InChI=1S/C38H50N6O19/c45-20-1-3-21(4-2-20)60-28-15-22(46)29-23(61-28)16-24(30(53)31(29)54)62-37-34(57)32(55)33(56)35(63-37)36(58)39-5-6-40-38(59)44-13-11-42(18-26(49)50)9-7-41(17-25(47)48)8-10-43(12-14-44)19-27(51)52/h1-4,15,23-24,29,32-35,37,45,55-57H,5-14,16-19H2,(H,39,58)(H,40,59)(H,47,48)(H,49,50)(H,51,52)/t23?,24?,29?,32-,33-,34+,35-,37?/m0/s1. The average Bonchev–Trinajstić information content (AvgIpc) is 3.21. The number of carbonyl (C=O) groups excluding carboxylic acids is 5. The number of carboxylic acid groups (broad SMARTS) is 3. The molecule has 8 atom stereocenters. The van der Waals surface area contributed by atoms with Gasteiger partial charge in [-0.3, -0.25) is 48.3 Å². The Bertz CT molecular complexity index is 1870. The molecule has 25 nitrogen and oxygen atoms in total. The number of rotatable bonds is 14. The maximum atomic E-state index is 13.3. The maximum absolute atomic E-state index is 13.3. The number of phenolic OH excluding ortho intramolecular Hbond substituents is 1. The van der Waals surface area contributed by atoms with E-state index < -0.39 is 116 Å². The fraction of sp³-hybridized carbons (Fsp3) is 0.579. The van der Waals surface area contributed by atoms with Crippen LogP contribution in [0.2, 0.25) is 0 Å². The Morgan fingerprint density at radius 3 is 1.76 bits per heavy atom. The molecule has 0 bridgehead atoms. The lowest BCUT2D eigenvalue weighted by Crippen LogP contribution is -2.63. The number of amides is 3. The number of phenols is 1. The molecule has 3 amide bonds. The van der Waals surface area contributed by atoms with Gasteiger partial charge in [0.25, 0.3) is 11.9 Å². The first-order valence-electron chi connectivity index (χ1n) is 19.8. The molecule has 3 aliphatic heterocycles. The molecular weight excluding hydrogens is 844 g/mol. The molecule has 4 aliphatic rings. The SMILES string of the molecule is O=C(O)CN1CCN(CC(=O)O)CCN(C(=O)NCCNC(=O)[C@H]2OC(OC3CC4OC(Oc5ccc(O)cc5)=CC(=O)C4C(=O)C3=O)[C@H](O)[C@@H](O)[C@@H]2O)CCN(CC(=O)O)CC1. The topological polar surface area (TPSA) is 352 Å². The van der Waals surface area contributed by atoms with Crippen molar-refractivity contribution in [3.05, 3.63) is 36.3 Å². The average molecular weight is 895 g/mol. The van der Waals surface area contributed by atoms with Crippen LogP contribution in [-0.4, -0.2) is 231 Å². The molecule has 3 fully saturated rings. The smallest absolute Gasteiger partial charge is 0.317 e. The maximum Gasteiger partial charge on any atom is 0.317 e. The third-order valence-corrected chi connectivity index (χ3v) is 10.6. The highest BCUT2D eigenvalue weighted by Crippen LogP contribution is 2.34. The molecule has 5 rings (SSSR count). The van der Waals surface area contributed by atoms with Crippen LogP contribution in [0.3, 0.4) is 0 Å². The van der Waals surface area contributed by atoms with Crippen molar-refractivity contribution in [3.8, 4) is 11.5 Å². The van der Waals surface area contributed by atoms with Gasteiger partial charge in [0, 0.05) is 71.9 Å². The van der Waals surface area contributed by atoms with E-state index in [-0.39, 0.29) is 89.4 Å². The molecule has 25 heteroatoms. The predicted octanol–water partition coefficient (Wildman–Crippen LogP) is -4.77. The molecule has 1 aromatic rings. The van der Waals surface area contributed by atoms with Crippen molar-refractivity contribution < 1.29 is 93.0 Å². The van der Waals surface area contributed by atoms with Gasteiger partial charge in [0.05, 0.1) is 25.7 Å². The number of urea groups is 1. The highest BCUT2D eigenvalue weighted by Gasteiger charge is 2.53. The summed E-state index contributed by atoms with van der Waals surface area (Å²) >= 11 is 0. The van der Waals surface area contributed by atoms with E-state index in [0.717, 1.165) is 6.08 Å². The first kappa shape index (κ1) is 48.2. The molecule has 1 aromatic carbocycles. The quantitative estimate of drug-likeness (QED) is 0.0481. The van der Waals surface area contributed by atoms with Gasteiger partial charge in [-0.1, -0.05) is 0 Å². The van der Waals surface area contributed by atoms with Gasteiger partial charge in [-0.25, -0.2) is 4.79 Å². The number of nitrogens with zero attached hydrogens (tertiary/aromatic N) is 4. The minimum Gasteiger partial charge on any atom is -0.508 e. The van der Waals surface area contributed by atoms with Gasteiger partial charge in [-0.2, -0.15) is 0 Å². The number of nitrogens with one attached hydrogen (secondary N) is 2. The van der Waals surface area contributed by atoms with Gasteiger partial charge < -0.3 is 70.2 Å². The number of aliphatic hydroxyl groups excluding tert-OH is 3. The summed E-state index contributed by atoms with van der Waals surface area (Å²) in [6.07, 6.45) is -12.5. The summed E-state index contributed by atoms with van der Waals surface area (Å²) in [5, 5.41) is 74.7. The van der Waals surface area contributed by atoms with Crippen molar-refractivity contribution in [1.29, 1.82) is 0 Å². The van der Waals surface area contributed by atoms with Gasteiger partial charge in [-0.05, 0) is 24.3 Å². The number of hydrogen-bond acceptors (Lipinski definition) is 19. The Kier molecular flexibility index (Phi) is 16.9. The number of benzene rings is 1. The molecule has 3 heterocycles. The Labute approximate surface area is 358 Å². The van der Waals surface area contributed by atoms with Crippen LogP contribution in [-0.2, 0) is 47.8 Å². The zero-order chi connectivity index (χ0) is 46.0. The first-order valence-corrected chi connectivity index (χ1v) is 19.8. The van der Waals surface area contributed by atoms with Crippen molar-refractivity contribution in [3.63, 3.8) is 0 Å². The lowest BCUT2D eigenvalue weighted by Gasteiger charge is -2.42. The normalized spacial score (nSPS) is 28.0. The van der Waals surface area contributed by atoms with E-state index in [1.807, 2.05) is 0 Å². The molecule has 346 valence electrons. The van der Waals surface area contributed by atoms with E-state index in [4.69, 9.17) is 18.9 Å². The first-order chi connectivity index (χ1) is 29.9. The summed E-state index contributed by atoms with van der Waals surface area (Å²) in [7, 11) is 0. The summed E-state index contributed by atoms with van der Waals surface area (Å²) < 4.78 is 22.3. The second kappa shape index (κ2) is 22.0. The van der Waals surface area contributed by atoms with Crippen molar-refractivity contribution >= 4 is 47.2 Å². The summed E-state index contributed by atoms with van der Waals surface area (Å²) in [5.74, 6) is -9.31. The summed E-state index contributed by atoms with van der Waals surface area (Å²) in [5.41, 5.74) is 0. The number of aliphatic hydroxyl groups is 3. The van der Waals surface area contributed by atoms with Crippen LogP contribution in [0, 0.1) is 5.92 Å². The predicted molar refractivity (Wildman–Crippen MR) is 207 cm³/mol. The van der Waals surface area contributed by atoms with Crippen molar-refractivity contribution in [2.24, 2.45) is 5.92 Å². The van der Waals surface area contributed by atoms with Gasteiger partial charge in [0.2, 0.25) is 11.6 Å². The van der Waals surface area contributed by atoms with Crippen molar-refractivity contribution in [2.45, 2.75) is 49.3 Å². The molecule has 0 spiro atoms. The number of carbonyl (C=O) groups is 8. The number of ketones is 3. The summed E-state index contributed by atoms with van der Waals surface area (Å²) in [6.45, 7) is -0.974. The van der Waals surface area contributed by atoms with Crippen LogP contribution in [0.4, 0.5) is 4.79 Å². The lowest BCUT2D eigenvalue weighted by atomic mass is 9.79. The third-order valence-electron chi connectivity index (χ3n) is 10.6. The number of carboxylic acids is 3. The zero-order valence-electron chi connectivity index (χ0n) is 33.7. The Hall–Kier alpha value is -5.80. The van der Waals surface area contributed by atoms with E-state index in [1.165, 1.54) is 39.0 Å². The number of aliphatic carboxylic acids is 3. The Morgan fingerprint density at radius 1 is 0.698 bits per heavy atom. The number of ether oxygens (including phenoxy) is 4. The van der Waals surface area contributed by atoms with Crippen LogP contribution in [0.1, 0.15) is 6.42 Å². The minimum absolute atomic E-state index is 0.0145.